The summed E-state index contributed by atoms with van der Waals surface area (Å²) in [5.41, 5.74) is 2.02. The van der Waals surface area contributed by atoms with E-state index in [1.54, 1.807) is 36.2 Å². The molecule has 2 atom stereocenters. The van der Waals surface area contributed by atoms with E-state index < -0.39 is 6.04 Å². The third-order valence-electron chi connectivity index (χ3n) is 5.76. The van der Waals surface area contributed by atoms with E-state index in [9.17, 15) is 9.59 Å². The lowest BCUT2D eigenvalue weighted by Gasteiger charge is -2.33. The first kappa shape index (κ1) is 20.3. The molecule has 1 fully saturated rings. The number of urea groups is 1. The molecule has 3 aliphatic heterocycles. The van der Waals surface area contributed by atoms with Crippen LogP contribution in [0.5, 0.6) is 11.5 Å². The SMILES string of the molecule is C=CCN1C(=O)N[C@H](c2cc(OC)cc(OC)c2)C2=C1CN(C[C@H]1CCCO1)C2=O. The largest absolute Gasteiger partial charge is 0.497 e. The zero-order valence-corrected chi connectivity index (χ0v) is 17.3. The third kappa shape index (κ3) is 3.63. The van der Waals surface area contributed by atoms with Gasteiger partial charge in [0.05, 0.1) is 44.2 Å². The second-order valence-electron chi connectivity index (χ2n) is 7.61. The van der Waals surface area contributed by atoms with Crippen LogP contribution < -0.4 is 14.8 Å². The van der Waals surface area contributed by atoms with Gasteiger partial charge in [-0.1, -0.05) is 6.08 Å². The molecule has 3 amide bonds. The smallest absolute Gasteiger partial charge is 0.322 e. The Morgan fingerprint density at radius 3 is 2.57 bits per heavy atom. The molecule has 0 unspecified atom stereocenters. The number of methoxy groups -OCH3 is 2. The maximum atomic E-state index is 13.4. The molecule has 30 heavy (non-hydrogen) atoms. The average Bonchev–Trinajstić information content (AvgIpc) is 3.38. The molecule has 8 nitrogen and oxygen atoms in total. The number of carbonyl (C=O) groups is 2. The summed E-state index contributed by atoms with van der Waals surface area (Å²) in [4.78, 5) is 29.7. The van der Waals surface area contributed by atoms with Gasteiger partial charge in [-0.3, -0.25) is 9.69 Å². The molecule has 160 valence electrons. The van der Waals surface area contributed by atoms with Gasteiger partial charge in [0.1, 0.15) is 11.5 Å². The van der Waals surface area contributed by atoms with Crippen molar-refractivity contribution in [2.75, 3.05) is 40.5 Å². The molecule has 0 aromatic heterocycles. The fourth-order valence-corrected chi connectivity index (χ4v) is 4.30. The Morgan fingerprint density at radius 1 is 1.23 bits per heavy atom. The number of nitrogens with zero attached hydrogens (tertiary/aromatic N) is 2. The van der Waals surface area contributed by atoms with Crippen molar-refractivity contribution in [2.24, 2.45) is 0 Å². The lowest BCUT2D eigenvalue weighted by molar-refractivity contribution is -0.127. The minimum absolute atomic E-state index is 0.0437. The summed E-state index contributed by atoms with van der Waals surface area (Å²) in [6, 6.07) is 4.55. The van der Waals surface area contributed by atoms with Crippen molar-refractivity contribution in [3.8, 4) is 11.5 Å². The third-order valence-corrected chi connectivity index (χ3v) is 5.76. The van der Waals surface area contributed by atoms with Crippen LogP contribution in [0.1, 0.15) is 24.4 Å². The Balaban J connectivity index is 1.72. The van der Waals surface area contributed by atoms with Crippen LogP contribution in [0.3, 0.4) is 0 Å². The summed E-state index contributed by atoms with van der Waals surface area (Å²) in [7, 11) is 3.14. The molecule has 0 radical (unpaired) electrons. The van der Waals surface area contributed by atoms with Gasteiger partial charge < -0.3 is 24.4 Å². The molecule has 0 bridgehead atoms. The lowest BCUT2D eigenvalue weighted by Crippen LogP contribution is -2.47. The first-order chi connectivity index (χ1) is 14.5. The molecule has 1 aromatic rings. The van der Waals surface area contributed by atoms with E-state index >= 15 is 0 Å². The van der Waals surface area contributed by atoms with E-state index in [-0.39, 0.29) is 18.0 Å². The first-order valence-corrected chi connectivity index (χ1v) is 10.1. The zero-order valence-electron chi connectivity index (χ0n) is 17.3. The summed E-state index contributed by atoms with van der Waals surface area (Å²) >= 11 is 0. The number of carbonyl (C=O) groups excluding carboxylic acids is 2. The topological polar surface area (TPSA) is 80.3 Å². The highest BCUT2D eigenvalue weighted by molar-refractivity contribution is 6.01. The Kier molecular flexibility index (Phi) is 5.67. The van der Waals surface area contributed by atoms with Gasteiger partial charge in [-0.25, -0.2) is 4.79 Å². The van der Waals surface area contributed by atoms with Crippen LogP contribution in [0, 0.1) is 0 Å². The Labute approximate surface area is 176 Å². The molecular weight excluding hydrogens is 386 g/mol. The Bertz CT molecular complexity index is 869. The van der Waals surface area contributed by atoms with E-state index in [4.69, 9.17) is 14.2 Å². The quantitative estimate of drug-likeness (QED) is 0.694. The van der Waals surface area contributed by atoms with Crippen molar-refractivity contribution in [1.29, 1.82) is 0 Å². The van der Waals surface area contributed by atoms with Crippen LogP contribution in [-0.2, 0) is 9.53 Å². The molecule has 0 aliphatic carbocycles. The predicted octanol–water partition coefficient (Wildman–Crippen LogP) is 2.23. The molecule has 0 spiro atoms. The molecular formula is C22H27N3O5. The average molecular weight is 413 g/mol. The van der Waals surface area contributed by atoms with Gasteiger partial charge in [0.15, 0.2) is 0 Å². The van der Waals surface area contributed by atoms with Crippen LogP contribution >= 0.6 is 0 Å². The van der Waals surface area contributed by atoms with Crippen LogP contribution in [0.15, 0.2) is 42.1 Å². The Morgan fingerprint density at radius 2 is 1.97 bits per heavy atom. The van der Waals surface area contributed by atoms with E-state index in [1.165, 1.54) is 0 Å². The molecule has 0 saturated carbocycles. The molecule has 4 rings (SSSR count). The number of hydrogen-bond acceptors (Lipinski definition) is 5. The fourth-order valence-electron chi connectivity index (χ4n) is 4.30. The monoisotopic (exact) mass is 413 g/mol. The summed E-state index contributed by atoms with van der Waals surface area (Å²) in [5, 5.41) is 2.98. The second-order valence-corrected chi connectivity index (χ2v) is 7.61. The van der Waals surface area contributed by atoms with Crippen LogP contribution in [0.25, 0.3) is 0 Å². The van der Waals surface area contributed by atoms with Gasteiger partial charge >= 0.3 is 6.03 Å². The maximum absolute atomic E-state index is 13.4. The van der Waals surface area contributed by atoms with Crippen LogP contribution in [0.2, 0.25) is 0 Å². The van der Waals surface area contributed by atoms with Crippen molar-refractivity contribution in [1.82, 2.24) is 15.1 Å². The van der Waals surface area contributed by atoms with E-state index in [1.807, 2.05) is 12.1 Å². The second kappa shape index (κ2) is 8.39. The molecule has 3 aliphatic rings. The zero-order chi connectivity index (χ0) is 21.3. The number of amides is 3. The van der Waals surface area contributed by atoms with Gasteiger partial charge in [-0.2, -0.15) is 0 Å². The minimum Gasteiger partial charge on any atom is -0.497 e. The number of benzene rings is 1. The van der Waals surface area contributed by atoms with E-state index in [2.05, 4.69) is 11.9 Å². The van der Waals surface area contributed by atoms with Gasteiger partial charge in [-0.15, -0.1) is 6.58 Å². The summed E-state index contributed by atoms with van der Waals surface area (Å²) < 4.78 is 16.5. The fraction of sp³-hybridized carbons (Fsp3) is 0.455. The normalized spacial score (nSPS) is 23.5. The Hall–Kier alpha value is -3.00. The summed E-state index contributed by atoms with van der Waals surface area (Å²) in [6.07, 6.45) is 3.65. The van der Waals surface area contributed by atoms with E-state index in [0.29, 0.717) is 42.4 Å². The number of ether oxygens (including phenoxy) is 3. The molecule has 3 heterocycles. The molecule has 8 heteroatoms. The summed E-state index contributed by atoms with van der Waals surface area (Å²) in [6.45, 7) is 5.72. The first-order valence-electron chi connectivity index (χ1n) is 10.1. The van der Waals surface area contributed by atoms with Gasteiger partial charge in [-0.05, 0) is 30.5 Å². The number of hydrogen-bond donors (Lipinski definition) is 1. The highest BCUT2D eigenvalue weighted by atomic mass is 16.5. The highest BCUT2D eigenvalue weighted by Crippen LogP contribution is 2.38. The number of rotatable bonds is 7. The summed E-state index contributed by atoms with van der Waals surface area (Å²) in [5.74, 6) is 1.10. The minimum atomic E-state index is -0.584. The standard InChI is InChI=1S/C22H27N3O5/c1-4-7-25-18-13-24(12-15-6-5-8-30-15)21(26)19(18)20(23-22(25)27)14-9-16(28-2)11-17(10-14)29-3/h4,9-11,15,20H,1,5-8,12-13H2,2-3H3,(H,23,27)/t15-,20-/m1/s1. The van der Waals surface area contributed by atoms with Crippen LogP contribution in [0.4, 0.5) is 4.79 Å². The predicted molar refractivity (Wildman–Crippen MR) is 110 cm³/mol. The number of nitrogens with one attached hydrogen (secondary N) is 1. The van der Waals surface area contributed by atoms with Crippen molar-refractivity contribution < 1.29 is 23.8 Å². The van der Waals surface area contributed by atoms with E-state index in [0.717, 1.165) is 25.0 Å². The highest BCUT2D eigenvalue weighted by Gasteiger charge is 2.44. The van der Waals surface area contributed by atoms with Crippen molar-refractivity contribution in [3.05, 3.63) is 47.7 Å². The van der Waals surface area contributed by atoms with Gasteiger partial charge in [0.25, 0.3) is 5.91 Å². The van der Waals surface area contributed by atoms with Crippen LogP contribution in [-0.4, -0.2) is 68.3 Å². The van der Waals surface area contributed by atoms with Crippen molar-refractivity contribution in [2.45, 2.75) is 25.0 Å². The van der Waals surface area contributed by atoms with Gasteiger partial charge in [0, 0.05) is 25.8 Å². The maximum Gasteiger partial charge on any atom is 0.322 e. The van der Waals surface area contributed by atoms with Gasteiger partial charge in [0.2, 0.25) is 0 Å². The lowest BCUT2D eigenvalue weighted by atomic mass is 9.95. The molecule has 1 N–H and O–H groups in total. The van der Waals surface area contributed by atoms with Crippen molar-refractivity contribution >= 4 is 11.9 Å². The van der Waals surface area contributed by atoms with Crippen molar-refractivity contribution in [3.63, 3.8) is 0 Å². The molecule has 1 aromatic carbocycles. The molecule has 1 saturated heterocycles.